The van der Waals surface area contributed by atoms with Gasteiger partial charge in [0.05, 0.1) is 6.61 Å². The molecule has 0 radical (unpaired) electrons. The second kappa shape index (κ2) is 4.78. The van der Waals surface area contributed by atoms with Crippen molar-refractivity contribution in [3.05, 3.63) is 29.3 Å². The molecule has 4 heteroatoms. The summed E-state index contributed by atoms with van der Waals surface area (Å²) < 4.78 is 28.5. The molecule has 90 valence electrons. The summed E-state index contributed by atoms with van der Waals surface area (Å²) in [7, 11) is 0. The van der Waals surface area contributed by atoms with Crippen LogP contribution in [0.4, 0.5) is 8.78 Å². The van der Waals surface area contributed by atoms with E-state index in [1.54, 1.807) is 12.1 Å². The Kier molecular flexibility index (Phi) is 3.86. The first kappa shape index (κ1) is 12.9. The molecule has 0 aliphatic rings. The van der Waals surface area contributed by atoms with Crippen molar-refractivity contribution in [1.29, 1.82) is 0 Å². The van der Waals surface area contributed by atoms with Crippen LogP contribution in [0.3, 0.4) is 0 Å². The second-order valence-corrected chi connectivity index (χ2v) is 4.65. The van der Waals surface area contributed by atoms with Crippen LogP contribution < -0.4 is 4.74 Å². The van der Waals surface area contributed by atoms with Crippen molar-refractivity contribution in [2.75, 3.05) is 0 Å². The second-order valence-electron chi connectivity index (χ2n) is 4.65. The van der Waals surface area contributed by atoms with Crippen LogP contribution >= 0.6 is 0 Å². The van der Waals surface area contributed by atoms with E-state index in [4.69, 9.17) is 5.11 Å². The molecule has 1 aromatic rings. The fraction of sp³-hybridized carbons (Fsp3) is 0.500. The minimum atomic E-state index is -2.85. The number of aliphatic hydroxyl groups excluding tert-OH is 1. The molecule has 0 aromatic heterocycles. The fourth-order valence-corrected chi connectivity index (χ4v) is 1.36. The SMILES string of the molecule is CC(C)(C)c1cc(CO)cc(OC(F)F)c1. The smallest absolute Gasteiger partial charge is 0.387 e. The predicted octanol–water partition coefficient (Wildman–Crippen LogP) is 3.08. The average Bonchev–Trinajstić information content (AvgIpc) is 2.14. The third-order valence-electron chi connectivity index (χ3n) is 2.24. The molecule has 1 aromatic carbocycles. The van der Waals surface area contributed by atoms with Gasteiger partial charge in [0.25, 0.3) is 0 Å². The quantitative estimate of drug-likeness (QED) is 0.864. The van der Waals surface area contributed by atoms with E-state index in [0.29, 0.717) is 5.56 Å². The Labute approximate surface area is 93.9 Å². The molecule has 0 bridgehead atoms. The van der Waals surface area contributed by atoms with Crippen LogP contribution in [0.15, 0.2) is 18.2 Å². The maximum atomic E-state index is 12.1. The van der Waals surface area contributed by atoms with Crippen LogP contribution in [0.25, 0.3) is 0 Å². The molecule has 1 rings (SSSR count). The van der Waals surface area contributed by atoms with Crippen LogP contribution in [-0.2, 0) is 12.0 Å². The zero-order valence-electron chi connectivity index (χ0n) is 9.63. The number of ether oxygens (including phenoxy) is 1. The lowest BCUT2D eigenvalue weighted by Crippen LogP contribution is -2.12. The molecular formula is C12H16F2O2. The van der Waals surface area contributed by atoms with Gasteiger partial charge < -0.3 is 9.84 Å². The molecule has 0 amide bonds. The van der Waals surface area contributed by atoms with Crippen molar-refractivity contribution < 1.29 is 18.6 Å². The third-order valence-corrected chi connectivity index (χ3v) is 2.24. The number of hydrogen-bond acceptors (Lipinski definition) is 2. The van der Waals surface area contributed by atoms with Gasteiger partial charge in [-0.25, -0.2) is 0 Å². The van der Waals surface area contributed by atoms with Crippen molar-refractivity contribution in [2.45, 2.75) is 39.4 Å². The lowest BCUT2D eigenvalue weighted by Gasteiger charge is -2.21. The van der Waals surface area contributed by atoms with Gasteiger partial charge in [-0.1, -0.05) is 26.8 Å². The highest BCUT2D eigenvalue weighted by atomic mass is 19.3. The largest absolute Gasteiger partial charge is 0.435 e. The maximum Gasteiger partial charge on any atom is 0.387 e. The fourth-order valence-electron chi connectivity index (χ4n) is 1.36. The Bertz CT molecular complexity index is 357. The van der Waals surface area contributed by atoms with E-state index < -0.39 is 6.61 Å². The van der Waals surface area contributed by atoms with Crippen molar-refractivity contribution in [3.8, 4) is 5.75 Å². The molecule has 0 spiro atoms. The topological polar surface area (TPSA) is 29.5 Å². The number of halogens is 2. The van der Waals surface area contributed by atoms with Gasteiger partial charge in [-0.2, -0.15) is 8.78 Å². The van der Waals surface area contributed by atoms with Gasteiger partial charge in [0.1, 0.15) is 5.75 Å². The average molecular weight is 230 g/mol. The van der Waals surface area contributed by atoms with Crippen LogP contribution in [0.2, 0.25) is 0 Å². The normalized spacial score (nSPS) is 11.9. The molecule has 0 fully saturated rings. The highest BCUT2D eigenvalue weighted by Crippen LogP contribution is 2.28. The minimum Gasteiger partial charge on any atom is -0.435 e. The molecule has 0 aliphatic carbocycles. The minimum absolute atomic E-state index is 0.0893. The number of benzene rings is 1. The standard InChI is InChI=1S/C12H16F2O2/c1-12(2,3)9-4-8(7-15)5-10(6-9)16-11(13)14/h4-6,11,15H,7H2,1-3H3. The van der Waals surface area contributed by atoms with Gasteiger partial charge in [-0.15, -0.1) is 0 Å². The molecule has 0 saturated carbocycles. The Morgan fingerprint density at radius 3 is 2.31 bits per heavy atom. The van der Waals surface area contributed by atoms with Crippen LogP contribution in [0.1, 0.15) is 31.9 Å². The molecule has 0 saturated heterocycles. The van der Waals surface area contributed by atoms with Gasteiger partial charge in [0, 0.05) is 0 Å². The lowest BCUT2D eigenvalue weighted by atomic mass is 9.86. The molecule has 0 unspecified atom stereocenters. The Morgan fingerprint density at radius 2 is 1.88 bits per heavy atom. The van der Waals surface area contributed by atoms with Crippen molar-refractivity contribution >= 4 is 0 Å². The van der Waals surface area contributed by atoms with Gasteiger partial charge >= 0.3 is 6.61 Å². The summed E-state index contributed by atoms with van der Waals surface area (Å²) in [4.78, 5) is 0. The van der Waals surface area contributed by atoms with Gasteiger partial charge in [-0.05, 0) is 28.7 Å². The zero-order valence-corrected chi connectivity index (χ0v) is 9.63. The zero-order chi connectivity index (χ0) is 12.3. The third kappa shape index (κ3) is 3.45. The molecule has 0 heterocycles. The van der Waals surface area contributed by atoms with Crippen molar-refractivity contribution in [3.63, 3.8) is 0 Å². The van der Waals surface area contributed by atoms with Crippen molar-refractivity contribution in [1.82, 2.24) is 0 Å². The molecule has 2 nitrogen and oxygen atoms in total. The van der Waals surface area contributed by atoms with E-state index in [-0.39, 0.29) is 17.8 Å². The predicted molar refractivity (Wildman–Crippen MR) is 57.7 cm³/mol. The van der Waals surface area contributed by atoms with E-state index in [9.17, 15) is 8.78 Å². The van der Waals surface area contributed by atoms with E-state index in [1.807, 2.05) is 20.8 Å². The van der Waals surface area contributed by atoms with Crippen molar-refractivity contribution in [2.24, 2.45) is 0 Å². The summed E-state index contributed by atoms with van der Waals surface area (Å²) in [6, 6.07) is 4.78. The molecular weight excluding hydrogens is 214 g/mol. The Balaban J connectivity index is 3.11. The first-order chi connectivity index (χ1) is 7.32. The van der Waals surface area contributed by atoms with Gasteiger partial charge in [0.2, 0.25) is 0 Å². The monoisotopic (exact) mass is 230 g/mol. The lowest BCUT2D eigenvalue weighted by molar-refractivity contribution is -0.0500. The van der Waals surface area contributed by atoms with E-state index >= 15 is 0 Å². The van der Waals surface area contributed by atoms with Gasteiger partial charge in [0.15, 0.2) is 0 Å². The van der Waals surface area contributed by atoms with E-state index in [2.05, 4.69) is 4.74 Å². The number of alkyl halides is 2. The van der Waals surface area contributed by atoms with E-state index in [1.165, 1.54) is 6.07 Å². The summed E-state index contributed by atoms with van der Waals surface area (Å²) in [5.74, 6) is 0.0893. The Hall–Kier alpha value is -1.16. The van der Waals surface area contributed by atoms with Gasteiger partial charge in [-0.3, -0.25) is 0 Å². The van der Waals surface area contributed by atoms with Crippen LogP contribution in [-0.4, -0.2) is 11.7 Å². The highest BCUT2D eigenvalue weighted by molar-refractivity contribution is 5.37. The summed E-state index contributed by atoms with van der Waals surface area (Å²) >= 11 is 0. The molecule has 0 aliphatic heterocycles. The maximum absolute atomic E-state index is 12.1. The summed E-state index contributed by atoms with van der Waals surface area (Å²) in [6.45, 7) is 2.87. The number of aliphatic hydroxyl groups is 1. The molecule has 1 N–H and O–H groups in total. The van der Waals surface area contributed by atoms with Crippen LogP contribution in [0.5, 0.6) is 5.75 Å². The van der Waals surface area contributed by atoms with Crippen LogP contribution in [0, 0.1) is 0 Å². The van der Waals surface area contributed by atoms with E-state index in [0.717, 1.165) is 5.56 Å². The molecule has 16 heavy (non-hydrogen) atoms. The highest BCUT2D eigenvalue weighted by Gasteiger charge is 2.16. The number of hydrogen-bond donors (Lipinski definition) is 1. The first-order valence-electron chi connectivity index (χ1n) is 5.03. The summed E-state index contributed by atoms with van der Waals surface area (Å²) in [5.41, 5.74) is 1.25. The number of rotatable bonds is 3. The summed E-state index contributed by atoms with van der Waals surface area (Å²) in [5, 5.41) is 9.04. The Morgan fingerprint density at radius 1 is 1.25 bits per heavy atom. The summed E-state index contributed by atoms with van der Waals surface area (Å²) in [6.07, 6.45) is 0. The first-order valence-corrected chi connectivity index (χ1v) is 5.03. The molecule has 0 atom stereocenters.